The lowest BCUT2D eigenvalue weighted by Crippen LogP contribution is -2.14. The van der Waals surface area contributed by atoms with E-state index in [9.17, 15) is 9.59 Å². The summed E-state index contributed by atoms with van der Waals surface area (Å²) >= 11 is 0. The maximum Gasteiger partial charge on any atom is 0.258 e. The van der Waals surface area contributed by atoms with Crippen LogP contribution in [0.5, 0.6) is 0 Å². The molecule has 4 N–H and O–H groups in total. The fourth-order valence-electron chi connectivity index (χ4n) is 1.12. The standard InChI is InChI=1S/C6H6N4O2.ClH/c7-6-9-4-2(5(12)10-6)1-3(11)8-4;/h1H2,(H4,7,8,9,10,11,12);1H. The third kappa shape index (κ3) is 1.48. The summed E-state index contributed by atoms with van der Waals surface area (Å²) in [6, 6.07) is 0. The molecule has 1 aliphatic heterocycles. The number of amides is 1. The van der Waals surface area contributed by atoms with Gasteiger partial charge in [-0.05, 0) is 0 Å². The molecule has 0 bridgehead atoms. The molecular formula is C6H7ClN4O2. The van der Waals surface area contributed by atoms with Gasteiger partial charge < -0.3 is 11.1 Å². The highest BCUT2D eigenvalue weighted by Gasteiger charge is 2.22. The van der Waals surface area contributed by atoms with Crippen LogP contribution in [-0.4, -0.2) is 15.9 Å². The number of hydrogen-bond acceptors (Lipinski definition) is 4. The average Bonchev–Trinajstić information content (AvgIpc) is 2.29. The van der Waals surface area contributed by atoms with Crippen LogP contribution in [0.2, 0.25) is 0 Å². The minimum atomic E-state index is -0.351. The zero-order chi connectivity index (χ0) is 8.72. The zero-order valence-electron chi connectivity index (χ0n) is 6.46. The van der Waals surface area contributed by atoms with Gasteiger partial charge in [-0.25, -0.2) is 0 Å². The van der Waals surface area contributed by atoms with E-state index in [2.05, 4.69) is 15.3 Å². The monoisotopic (exact) mass is 202 g/mol. The molecule has 0 saturated carbocycles. The van der Waals surface area contributed by atoms with Gasteiger partial charge in [0.1, 0.15) is 5.82 Å². The number of H-pyrrole nitrogens is 1. The normalized spacial score (nSPS) is 13.1. The SMILES string of the molecule is Cl.Nc1nc2c(c(=O)[nH]1)CC(=O)N2. The molecule has 1 aliphatic rings. The summed E-state index contributed by atoms with van der Waals surface area (Å²) in [4.78, 5) is 28.0. The van der Waals surface area contributed by atoms with E-state index in [0.29, 0.717) is 5.56 Å². The Kier molecular flexibility index (Phi) is 2.24. The van der Waals surface area contributed by atoms with E-state index in [1.165, 1.54) is 0 Å². The summed E-state index contributed by atoms with van der Waals surface area (Å²) in [6.45, 7) is 0. The molecule has 0 spiro atoms. The van der Waals surface area contributed by atoms with Crippen LogP contribution in [-0.2, 0) is 11.2 Å². The minimum Gasteiger partial charge on any atom is -0.369 e. The molecule has 0 unspecified atom stereocenters. The first-order valence-corrected chi connectivity index (χ1v) is 3.35. The van der Waals surface area contributed by atoms with Gasteiger partial charge in [-0.3, -0.25) is 14.6 Å². The summed E-state index contributed by atoms with van der Waals surface area (Å²) in [7, 11) is 0. The van der Waals surface area contributed by atoms with E-state index in [1.807, 2.05) is 0 Å². The molecule has 1 aromatic rings. The molecule has 0 saturated heterocycles. The van der Waals surface area contributed by atoms with Gasteiger partial charge in [0.05, 0.1) is 12.0 Å². The fraction of sp³-hybridized carbons (Fsp3) is 0.167. The predicted molar refractivity (Wildman–Crippen MR) is 48.9 cm³/mol. The highest BCUT2D eigenvalue weighted by Crippen LogP contribution is 2.15. The summed E-state index contributed by atoms with van der Waals surface area (Å²) in [5.74, 6) is 0.0656. The zero-order valence-corrected chi connectivity index (χ0v) is 7.27. The number of nitrogens with two attached hydrogens (primary N) is 1. The lowest BCUT2D eigenvalue weighted by atomic mass is 10.3. The van der Waals surface area contributed by atoms with Gasteiger partial charge in [0.2, 0.25) is 11.9 Å². The van der Waals surface area contributed by atoms with Crippen LogP contribution in [0, 0.1) is 0 Å². The quantitative estimate of drug-likeness (QED) is 0.516. The van der Waals surface area contributed by atoms with Crippen molar-refractivity contribution >= 4 is 30.1 Å². The average molecular weight is 203 g/mol. The lowest BCUT2D eigenvalue weighted by molar-refractivity contribution is -0.115. The van der Waals surface area contributed by atoms with E-state index in [1.54, 1.807) is 0 Å². The maximum atomic E-state index is 11.1. The first-order valence-electron chi connectivity index (χ1n) is 3.35. The van der Waals surface area contributed by atoms with Gasteiger partial charge in [0.15, 0.2) is 0 Å². The minimum absolute atomic E-state index is 0. The molecular weight excluding hydrogens is 196 g/mol. The predicted octanol–water partition coefficient (Wildman–Crippen LogP) is -0.732. The molecule has 0 radical (unpaired) electrons. The van der Waals surface area contributed by atoms with Gasteiger partial charge >= 0.3 is 0 Å². The molecule has 0 aromatic carbocycles. The molecule has 2 rings (SSSR count). The summed E-state index contributed by atoms with van der Waals surface area (Å²) in [6.07, 6.45) is 0.0813. The first-order chi connectivity index (χ1) is 5.66. The van der Waals surface area contributed by atoms with Crippen LogP contribution < -0.4 is 16.6 Å². The van der Waals surface area contributed by atoms with Crippen LogP contribution >= 0.6 is 12.4 Å². The number of fused-ring (bicyclic) bond motifs is 1. The number of halogens is 1. The number of nitrogens with zero attached hydrogens (tertiary/aromatic N) is 1. The van der Waals surface area contributed by atoms with E-state index in [-0.39, 0.29) is 42.1 Å². The third-order valence-corrected chi connectivity index (χ3v) is 1.63. The van der Waals surface area contributed by atoms with E-state index in [0.717, 1.165) is 0 Å². The Morgan fingerprint density at radius 1 is 1.38 bits per heavy atom. The highest BCUT2D eigenvalue weighted by atomic mass is 35.5. The van der Waals surface area contributed by atoms with Crippen molar-refractivity contribution in [1.82, 2.24) is 9.97 Å². The Morgan fingerprint density at radius 2 is 2.08 bits per heavy atom. The molecule has 1 aromatic heterocycles. The topological polar surface area (TPSA) is 101 Å². The Bertz CT molecular complexity index is 414. The van der Waals surface area contributed by atoms with Gasteiger partial charge in [-0.2, -0.15) is 4.98 Å². The first kappa shape index (κ1) is 9.53. The number of aromatic amines is 1. The van der Waals surface area contributed by atoms with Crippen LogP contribution in [0.3, 0.4) is 0 Å². The second kappa shape index (κ2) is 3.06. The summed E-state index contributed by atoms with van der Waals surface area (Å²) in [5, 5.41) is 2.43. The van der Waals surface area contributed by atoms with Gasteiger partial charge in [0, 0.05) is 0 Å². The van der Waals surface area contributed by atoms with Crippen LogP contribution in [0.25, 0.3) is 0 Å². The molecule has 7 heteroatoms. The molecule has 1 amide bonds. The van der Waals surface area contributed by atoms with Crippen LogP contribution in [0.15, 0.2) is 4.79 Å². The van der Waals surface area contributed by atoms with Gasteiger partial charge in [0.25, 0.3) is 5.56 Å². The number of anilines is 2. The Balaban J connectivity index is 0.000000845. The lowest BCUT2D eigenvalue weighted by Gasteiger charge is -1.96. The van der Waals surface area contributed by atoms with E-state index < -0.39 is 0 Å². The van der Waals surface area contributed by atoms with Crippen molar-refractivity contribution < 1.29 is 4.79 Å². The third-order valence-electron chi connectivity index (χ3n) is 1.63. The smallest absolute Gasteiger partial charge is 0.258 e. The van der Waals surface area contributed by atoms with E-state index >= 15 is 0 Å². The number of aromatic nitrogens is 2. The van der Waals surface area contributed by atoms with Gasteiger partial charge in [-0.1, -0.05) is 0 Å². The number of rotatable bonds is 0. The molecule has 2 heterocycles. The Labute approximate surface area is 79.0 Å². The van der Waals surface area contributed by atoms with Crippen LogP contribution in [0.4, 0.5) is 11.8 Å². The van der Waals surface area contributed by atoms with Crippen molar-refractivity contribution in [3.63, 3.8) is 0 Å². The van der Waals surface area contributed by atoms with Crippen molar-refractivity contribution in [3.05, 3.63) is 15.9 Å². The van der Waals surface area contributed by atoms with Gasteiger partial charge in [-0.15, -0.1) is 12.4 Å². The number of hydrogen-bond donors (Lipinski definition) is 3. The molecule has 13 heavy (non-hydrogen) atoms. The number of nitrogens with one attached hydrogen (secondary N) is 2. The Morgan fingerprint density at radius 3 is 2.77 bits per heavy atom. The Hall–Kier alpha value is -1.56. The second-order valence-corrected chi connectivity index (χ2v) is 2.50. The van der Waals surface area contributed by atoms with Crippen molar-refractivity contribution in [2.24, 2.45) is 0 Å². The molecule has 0 atom stereocenters. The van der Waals surface area contributed by atoms with Crippen molar-refractivity contribution in [3.8, 4) is 0 Å². The summed E-state index contributed by atoms with van der Waals surface area (Å²) < 4.78 is 0. The summed E-state index contributed by atoms with van der Waals surface area (Å²) in [5.41, 5.74) is 5.26. The fourth-order valence-corrected chi connectivity index (χ4v) is 1.12. The van der Waals surface area contributed by atoms with E-state index in [4.69, 9.17) is 5.73 Å². The number of carbonyl (C=O) groups is 1. The molecule has 0 aliphatic carbocycles. The number of nitrogen functional groups attached to an aromatic ring is 1. The van der Waals surface area contributed by atoms with Crippen molar-refractivity contribution in [2.75, 3.05) is 11.1 Å². The molecule has 0 fully saturated rings. The molecule has 6 nitrogen and oxygen atoms in total. The maximum absolute atomic E-state index is 11.1. The number of carbonyl (C=O) groups excluding carboxylic acids is 1. The van der Waals surface area contributed by atoms with Crippen molar-refractivity contribution in [1.29, 1.82) is 0 Å². The largest absolute Gasteiger partial charge is 0.369 e. The van der Waals surface area contributed by atoms with Crippen molar-refractivity contribution in [2.45, 2.75) is 6.42 Å². The molecule has 70 valence electrons. The van der Waals surface area contributed by atoms with Crippen LogP contribution in [0.1, 0.15) is 5.56 Å². The second-order valence-electron chi connectivity index (χ2n) is 2.50. The highest BCUT2D eigenvalue weighted by molar-refractivity contribution is 5.97.